The molecule has 122 valence electrons. The maximum absolute atomic E-state index is 13.4. The van der Waals surface area contributed by atoms with Crippen LogP contribution >= 0.6 is 0 Å². The number of amides is 1. The van der Waals surface area contributed by atoms with Gasteiger partial charge < -0.3 is 10.4 Å². The molecule has 0 radical (unpaired) electrons. The average Bonchev–Trinajstić information content (AvgIpc) is 3.25. The highest BCUT2D eigenvalue weighted by Gasteiger charge is 2.51. The molecule has 2 rings (SSSR count). The zero-order chi connectivity index (χ0) is 16.4. The van der Waals surface area contributed by atoms with Crippen molar-refractivity contribution in [1.82, 2.24) is 5.32 Å². The van der Waals surface area contributed by atoms with E-state index >= 15 is 0 Å². The molecule has 1 aromatic rings. The molecular formula is C18H26FNO2. The molecule has 1 aliphatic carbocycles. The fourth-order valence-corrected chi connectivity index (χ4v) is 2.69. The molecule has 0 spiro atoms. The van der Waals surface area contributed by atoms with E-state index in [1.54, 1.807) is 19.1 Å². The molecule has 0 saturated heterocycles. The third kappa shape index (κ3) is 4.07. The second kappa shape index (κ2) is 6.37. The fraction of sp³-hybridized carbons (Fsp3) is 0.611. The van der Waals surface area contributed by atoms with Crippen molar-refractivity contribution < 1.29 is 14.3 Å². The first-order valence-corrected chi connectivity index (χ1v) is 8.02. The molecule has 3 nitrogen and oxygen atoms in total. The first-order valence-electron chi connectivity index (χ1n) is 8.02. The zero-order valence-corrected chi connectivity index (χ0v) is 13.7. The Hall–Kier alpha value is -1.42. The zero-order valence-electron chi connectivity index (χ0n) is 13.7. The Kier molecular flexibility index (Phi) is 4.90. The summed E-state index contributed by atoms with van der Waals surface area (Å²) in [7, 11) is 0. The first-order chi connectivity index (χ1) is 10.3. The molecule has 0 bridgehead atoms. The lowest BCUT2D eigenvalue weighted by atomic mass is 9.93. The van der Waals surface area contributed by atoms with Gasteiger partial charge in [-0.15, -0.1) is 0 Å². The van der Waals surface area contributed by atoms with Gasteiger partial charge in [0, 0.05) is 6.54 Å². The van der Waals surface area contributed by atoms with E-state index in [4.69, 9.17) is 0 Å². The minimum atomic E-state index is -0.905. The van der Waals surface area contributed by atoms with E-state index in [1.165, 1.54) is 12.1 Å². The van der Waals surface area contributed by atoms with Gasteiger partial charge >= 0.3 is 0 Å². The number of hydrogen-bond acceptors (Lipinski definition) is 2. The molecule has 0 heterocycles. The molecule has 1 amide bonds. The molecule has 1 unspecified atom stereocenters. The summed E-state index contributed by atoms with van der Waals surface area (Å²) >= 11 is 0. The monoisotopic (exact) mass is 307 g/mol. The SMILES string of the molecule is CC(C)CCC(C)(O)CNC(=O)C1(c2cccc(F)c2)CC1. The molecule has 2 N–H and O–H groups in total. The Morgan fingerprint density at radius 1 is 1.45 bits per heavy atom. The van der Waals surface area contributed by atoms with Gasteiger partial charge in [-0.1, -0.05) is 26.0 Å². The number of aliphatic hydroxyl groups is 1. The largest absolute Gasteiger partial charge is 0.388 e. The van der Waals surface area contributed by atoms with Crippen LogP contribution < -0.4 is 5.32 Å². The van der Waals surface area contributed by atoms with Gasteiger partial charge in [0.15, 0.2) is 0 Å². The summed E-state index contributed by atoms with van der Waals surface area (Å²) in [6, 6.07) is 6.25. The van der Waals surface area contributed by atoms with Crippen molar-refractivity contribution in [3.63, 3.8) is 0 Å². The predicted molar refractivity (Wildman–Crippen MR) is 85.0 cm³/mol. The van der Waals surface area contributed by atoms with Crippen LogP contribution in [0.25, 0.3) is 0 Å². The van der Waals surface area contributed by atoms with Crippen molar-refractivity contribution in [2.45, 2.75) is 57.5 Å². The van der Waals surface area contributed by atoms with Crippen LogP contribution in [0.1, 0.15) is 52.0 Å². The van der Waals surface area contributed by atoms with Crippen molar-refractivity contribution in [3.05, 3.63) is 35.6 Å². The van der Waals surface area contributed by atoms with Gasteiger partial charge in [0.25, 0.3) is 0 Å². The standard InChI is InChI=1S/C18H26FNO2/c1-13(2)7-8-17(3,22)12-20-16(21)18(9-10-18)14-5-4-6-15(19)11-14/h4-6,11,13,22H,7-10,12H2,1-3H3,(H,20,21). The van der Waals surface area contributed by atoms with Gasteiger partial charge in [0.05, 0.1) is 11.0 Å². The highest BCUT2D eigenvalue weighted by atomic mass is 19.1. The van der Waals surface area contributed by atoms with E-state index in [-0.39, 0.29) is 18.3 Å². The smallest absolute Gasteiger partial charge is 0.230 e. The van der Waals surface area contributed by atoms with Crippen LogP contribution in [0, 0.1) is 11.7 Å². The summed E-state index contributed by atoms with van der Waals surface area (Å²) in [6.07, 6.45) is 3.03. The minimum absolute atomic E-state index is 0.108. The van der Waals surface area contributed by atoms with Crippen LogP contribution in [0.15, 0.2) is 24.3 Å². The number of benzene rings is 1. The molecule has 22 heavy (non-hydrogen) atoms. The van der Waals surface area contributed by atoms with Gasteiger partial charge in [-0.25, -0.2) is 4.39 Å². The topological polar surface area (TPSA) is 49.3 Å². The van der Waals surface area contributed by atoms with Crippen molar-refractivity contribution in [3.8, 4) is 0 Å². The molecule has 1 atom stereocenters. The average molecular weight is 307 g/mol. The van der Waals surface area contributed by atoms with Gasteiger partial charge in [-0.2, -0.15) is 0 Å². The summed E-state index contributed by atoms with van der Waals surface area (Å²) in [5.41, 5.74) is -0.777. The van der Waals surface area contributed by atoms with Crippen molar-refractivity contribution in [1.29, 1.82) is 0 Å². The quantitative estimate of drug-likeness (QED) is 0.813. The second-order valence-electron chi connectivity index (χ2n) is 7.20. The molecule has 1 fully saturated rings. The van der Waals surface area contributed by atoms with E-state index < -0.39 is 11.0 Å². The Labute approximate surface area is 131 Å². The summed E-state index contributed by atoms with van der Waals surface area (Å²) in [5, 5.41) is 13.2. The summed E-state index contributed by atoms with van der Waals surface area (Å²) in [4.78, 5) is 12.5. The van der Waals surface area contributed by atoms with Crippen molar-refractivity contribution in [2.75, 3.05) is 6.54 Å². The first kappa shape index (κ1) is 16.9. The lowest BCUT2D eigenvalue weighted by molar-refractivity contribution is -0.124. The van der Waals surface area contributed by atoms with Gasteiger partial charge in [0.1, 0.15) is 5.82 Å². The Balaban J connectivity index is 1.95. The third-order valence-electron chi connectivity index (χ3n) is 4.45. The van der Waals surface area contributed by atoms with Crippen molar-refractivity contribution in [2.24, 2.45) is 5.92 Å². The van der Waals surface area contributed by atoms with E-state index in [0.717, 1.165) is 24.8 Å². The van der Waals surface area contributed by atoms with Crippen LogP contribution in [0.5, 0.6) is 0 Å². The number of nitrogens with one attached hydrogen (secondary N) is 1. The number of halogens is 1. The highest BCUT2D eigenvalue weighted by Crippen LogP contribution is 2.48. The van der Waals surface area contributed by atoms with Crippen LogP contribution in [-0.4, -0.2) is 23.2 Å². The molecule has 1 saturated carbocycles. The third-order valence-corrected chi connectivity index (χ3v) is 4.45. The Morgan fingerprint density at radius 2 is 2.14 bits per heavy atom. The van der Waals surface area contributed by atoms with Gasteiger partial charge in [0.2, 0.25) is 5.91 Å². The van der Waals surface area contributed by atoms with Crippen molar-refractivity contribution >= 4 is 5.91 Å². The normalized spacial score (nSPS) is 18.8. The maximum atomic E-state index is 13.4. The lowest BCUT2D eigenvalue weighted by Crippen LogP contribution is -2.44. The predicted octanol–water partition coefficient (Wildman–Crippen LogP) is 3.16. The maximum Gasteiger partial charge on any atom is 0.230 e. The van der Waals surface area contributed by atoms with Crippen LogP contribution in [-0.2, 0) is 10.2 Å². The number of rotatable bonds is 7. The van der Waals surface area contributed by atoms with Crippen LogP contribution in [0.4, 0.5) is 4.39 Å². The summed E-state index contributed by atoms with van der Waals surface area (Å²) in [5.74, 6) is 0.0904. The summed E-state index contributed by atoms with van der Waals surface area (Å²) < 4.78 is 13.4. The molecule has 4 heteroatoms. The number of carbonyl (C=O) groups is 1. The molecule has 1 aromatic carbocycles. The highest BCUT2D eigenvalue weighted by molar-refractivity contribution is 5.91. The lowest BCUT2D eigenvalue weighted by Gasteiger charge is -2.26. The molecular weight excluding hydrogens is 281 g/mol. The Bertz CT molecular complexity index is 536. The van der Waals surface area contributed by atoms with Crippen LogP contribution in [0.2, 0.25) is 0 Å². The van der Waals surface area contributed by atoms with Gasteiger partial charge in [-0.3, -0.25) is 4.79 Å². The number of carbonyl (C=O) groups excluding carboxylic acids is 1. The van der Waals surface area contributed by atoms with Crippen LogP contribution in [0.3, 0.4) is 0 Å². The fourth-order valence-electron chi connectivity index (χ4n) is 2.69. The van der Waals surface area contributed by atoms with E-state index in [1.807, 2.05) is 0 Å². The van der Waals surface area contributed by atoms with E-state index in [2.05, 4.69) is 19.2 Å². The summed E-state index contributed by atoms with van der Waals surface area (Å²) in [6.45, 7) is 6.20. The van der Waals surface area contributed by atoms with E-state index in [9.17, 15) is 14.3 Å². The number of hydrogen-bond donors (Lipinski definition) is 2. The molecule has 1 aliphatic rings. The van der Waals surface area contributed by atoms with E-state index in [0.29, 0.717) is 12.3 Å². The van der Waals surface area contributed by atoms with Gasteiger partial charge in [-0.05, 0) is 56.2 Å². The molecule has 0 aromatic heterocycles. The second-order valence-corrected chi connectivity index (χ2v) is 7.20. The minimum Gasteiger partial charge on any atom is -0.388 e. The molecule has 0 aliphatic heterocycles. The Morgan fingerprint density at radius 3 is 2.68 bits per heavy atom.